The quantitative estimate of drug-likeness (QED) is 0.146. The van der Waals surface area contributed by atoms with E-state index >= 15 is 0 Å². The van der Waals surface area contributed by atoms with Crippen molar-refractivity contribution in [2.45, 2.75) is 72.8 Å². The maximum Gasteiger partial charge on any atom is -1.00 e. The zero-order valence-corrected chi connectivity index (χ0v) is 38.4. The van der Waals surface area contributed by atoms with Crippen molar-refractivity contribution in [1.29, 1.82) is 0 Å². The SMILES string of the molecule is CC1=C(C)C(C)([Si](c2ccccc2Cc2ccc(C)cc2)(c2ccccc2Cc2ccc(C)cc2)c2ccccc2Cc2ccc(C)cc2)[C]([Ti+3])=C1C.[Cl-].[Cl-].[Cl-]. The first-order chi connectivity index (χ1) is 25.5. The van der Waals surface area contributed by atoms with Crippen LogP contribution in [0.15, 0.2) is 166 Å². The molecule has 0 nitrogen and oxygen atoms in total. The van der Waals surface area contributed by atoms with Gasteiger partial charge >= 0.3 is 333 Å². The number of benzene rings is 6. The Morgan fingerprint density at radius 3 is 0.964 bits per heavy atom. The van der Waals surface area contributed by atoms with Gasteiger partial charge in [-0.15, -0.1) is 0 Å². The number of allylic oxidation sites excluding steroid dienone is 4. The summed E-state index contributed by atoms with van der Waals surface area (Å²) in [4.78, 5) is 0. The minimum Gasteiger partial charge on any atom is -1.00 e. The van der Waals surface area contributed by atoms with Crippen LogP contribution < -0.4 is 52.8 Å². The first kappa shape index (κ1) is 45.3. The second kappa shape index (κ2) is 18.9. The molecule has 5 heteroatoms. The van der Waals surface area contributed by atoms with Crippen LogP contribution in [0.3, 0.4) is 0 Å². The Hall–Kier alpha value is -3.40. The van der Waals surface area contributed by atoms with Crippen LogP contribution in [-0.4, -0.2) is 8.07 Å². The van der Waals surface area contributed by atoms with Crippen LogP contribution in [0.1, 0.15) is 77.8 Å². The molecule has 1 aliphatic carbocycles. The van der Waals surface area contributed by atoms with Gasteiger partial charge in [0.1, 0.15) is 0 Å². The van der Waals surface area contributed by atoms with Crippen molar-refractivity contribution in [2.24, 2.45) is 0 Å². The summed E-state index contributed by atoms with van der Waals surface area (Å²) in [5.74, 6) is 0. The van der Waals surface area contributed by atoms with Crippen LogP contribution in [0.4, 0.5) is 0 Å². The predicted octanol–water partition coefficient (Wildman–Crippen LogP) is 1.80. The molecule has 6 aromatic carbocycles. The molecule has 0 fully saturated rings. The predicted molar refractivity (Wildman–Crippen MR) is 225 cm³/mol. The van der Waals surface area contributed by atoms with E-state index in [1.165, 1.54) is 86.2 Å². The largest absolute Gasteiger partial charge is 1.00 e. The topological polar surface area (TPSA) is 0 Å². The van der Waals surface area contributed by atoms with E-state index in [1.807, 2.05) is 0 Å². The van der Waals surface area contributed by atoms with E-state index in [2.05, 4.69) is 214 Å². The Kier molecular flexibility index (Phi) is 15.3. The van der Waals surface area contributed by atoms with Crippen LogP contribution in [-0.2, 0) is 39.7 Å². The minimum absolute atomic E-state index is 0. The van der Waals surface area contributed by atoms with Gasteiger partial charge in [-0.3, -0.25) is 0 Å². The van der Waals surface area contributed by atoms with Gasteiger partial charge in [0.15, 0.2) is 0 Å². The van der Waals surface area contributed by atoms with Crippen molar-refractivity contribution >= 4 is 23.6 Å². The number of aryl methyl sites for hydroxylation is 3. The molecule has 1 unspecified atom stereocenters. The Labute approximate surface area is 367 Å². The molecule has 0 aliphatic heterocycles. The number of halogens is 3. The van der Waals surface area contributed by atoms with Gasteiger partial charge in [0.25, 0.3) is 0 Å². The van der Waals surface area contributed by atoms with Gasteiger partial charge in [0.05, 0.1) is 0 Å². The third-order valence-corrected chi connectivity index (χ3v) is 20.1. The van der Waals surface area contributed by atoms with Gasteiger partial charge in [-0.1, -0.05) is 0 Å². The number of hydrogen-bond donors (Lipinski definition) is 0. The van der Waals surface area contributed by atoms with Gasteiger partial charge in [0, 0.05) is 0 Å². The van der Waals surface area contributed by atoms with E-state index in [-0.39, 0.29) is 42.3 Å². The smallest absolute Gasteiger partial charge is 1.00 e. The molecular weight excluding hydrogens is 795 g/mol. The fourth-order valence-electron chi connectivity index (χ4n) is 9.02. The summed E-state index contributed by atoms with van der Waals surface area (Å²) in [6.07, 6.45) is 2.68. The van der Waals surface area contributed by atoms with E-state index in [0.717, 1.165) is 19.3 Å². The van der Waals surface area contributed by atoms with Crippen LogP contribution in [0.25, 0.3) is 0 Å². The zero-order valence-electron chi connectivity index (χ0n) is 33.6. The van der Waals surface area contributed by atoms with Crippen molar-refractivity contribution in [3.8, 4) is 0 Å². The summed E-state index contributed by atoms with van der Waals surface area (Å²) in [6, 6.07) is 56.2. The zero-order chi connectivity index (χ0) is 37.3. The average molecular weight is 846 g/mol. The second-order valence-electron chi connectivity index (χ2n) is 15.6. The first-order valence-corrected chi connectivity index (χ1v) is 21.8. The van der Waals surface area contributed by atoms with Crippen molar-refractivity contribution in [1.82, 2.24) is 0 Å². The summed E-state index contributed by atoms with van der Waals surface area (Å²) < 4.78 is 1.51. The molecule has 1 atom stereocenters. The van der Waals surface area contributed by atoms with E-state index in [0.29, 0.717) is 0 Å². The fraction of sp³-hybridized carbons (Fsp3) is 0.216. The maximum atomic E-state index is 2.62. The Morgan fingerprint density at radius 2 is 0.696 bits per heavy atom. The van der Waals surface area contributed by atoms with Crippen molar-refractivity contribution < 1.29 is 57.7 Å². The summed E-state index contributed by atoms with van der Waals surface area (Å²) in [7, 11) is -3.07. The van der Waals surface area contributed by atoms with Gasteiger partial charge in [-0.25, -0.2) is 0 Å². The molecule has 0 amide bonds. The third-order valence-electron chi connectivity index (χ3n) is 12.3. The van der Waals surface area contributed by atoms with Crippen LogP contribution in [0, 0.1) is 20.8 Å². The first-order valence-electron chi connectivity index (χ1n) is 19.1. The summed E-state index contributed by atoms with van der Waals surface area (Å²) in [6.45, 7) is 16.4. The third kappa shape index (κ3) is 8.28. The van der Waals surface area contributed by atoms with E-state index in [1.54, 1.807) is 0 Å². The molecule has 56 heavy (non-hydrogen) atoms. The molecule has 1 aliphatic rings. The molecule has 6 aromatic rings. The second-order valence-corrected chi connectivity index (χ2v) is 20.5. The summed E-state index contributed by atoms with van der Waals surface area (Å²) in [5, 5.41) is 4.35. The van der Waals surface area contributed by atoms with Gasteiger partial charge in [-0.2, -0.15) is 0 Å². The van der Waals surface area contributed by atoms with Crippen LogP contribution >= 0.6 is 0 Å². The summed E-state index contributed by atoms with van der Waals surface area (Å²) in [5.41, 5.74) is 16.7. The molecule has 7 rings (SSSR count). The molecule has 0 bridgehead atoms. The minimum atomic E-state index is -3.07. The van der Waals surface area contributed by atoms with E-state index in [9.17, 15) is 0 Å². The number of hydrogen-bond acceptors (Lipinski definition) is 0. The van der Waals surface area contributed by atoms with Crippen molar-refractivity contribution in [2.75, 3.05) is 0 Å². The van der Waals surface area contributed by atoms with Gasteiger partial charge in [0.2, 0.25) is 0 Å². The molecule has 284 valence electrons. The van der Waals surface area contributed by atoms with Gasteiger partial charge < -0.3 is 37.2 Å². The standard InChI is InChI=1S/C51H51Si.3ClH.Ti/c1-36-20-26-42(27-21-36)32-45-14-8-11-17-48(45)52(51(7)35-39(4)40(5)41(51)6,49-18-12-9-15-46(49)33-43-28-22-37(2)23-29-43)50-19-13-10-16-47(50)34-44-30-24-38(3)25-31-44;;;;/h8-31H,32-34H2,1-7H3;3*1H;/q;;;;+3/p-3. The van der Waals surface area contributed by atoms with Crippen molar-refractivity contribution in [3.63, 3.8) is 0 Å². The molecule has 0 spiro atoms. The van der Waals surface area contributed by atoms with Crippen molar-refractivity contribution in [3.05, 3.63) is 216 Å². The Balaban J connectivity index is 0.00000232. The van der Waals surface area contributed by atoms with Crippen LogP contribution in [0.5, 0.6) is 0 Å². The molecular formula is C51H51Cl3SiTi. The Morgan fingerprint density at radius 1 is 0.411 bits per heavy atom. The normalized spacial score (nSPS) is 15.2. The molecule has 0 heterocycles. The monoisotopic (exact) mass is 844 g/mol. The molecule has 0 saturated heterocycles. The Bertz CT molecular complexity index is 2090. The molecule has 0 saturated carbocycles. The average Bonchev–Trinajstić information content (AvgIpc) is 3.32. The summed E-state index contributed by atoms with van der Waals surface area (Å²) >= 11 is 2.45. The van der Waals surface area contributed by atoms with E-state index in [4.69, 9.17) is 0 Å². The van der Waals surface area contributed by atoms with Crippen LogP contribution in [0.2, 0.25) is 5.04 Å². The number of rotatable bonds is 10. The molecule has 0 radical (unpaired) electrons. The van der Waals surface area contributed by atoms with E-state index < -0.39 is 8.07 Å². The molecule has 0 N–H and O–H groups in total. The maximum absolute atomic E-state index is 3.07. The van der Waals surface area contributed by atoms with Gasteiger partial charge in [-0.05, 0) is 0 Å². The fourth-order valence-corrected chi connectivity index (χ4v) is 17.3. The molecule has 0 aromatic heterocycles.